The third-order valence-electron chi connectivity index (χ3n) is 5.55. The number of carbonyl (C=O) groups excluding carboxylic acids is 1. The highest BCUT2D eigenvalue weighted by Crippen LogP contribution is 2.39. The molecule has 0 radical (unpaired) electrons. The van der Waals surface area contributed by atoms with Gasteiger partial charge in [0.1, 0.15) is 0 Å². The second-order valence-electron chi connectivity index (χ2n) is 7.72. The first-order chi connectivity index (χ1) is 14.7. The van der Waals surface area contributed by atoms with Gasteiger partial charge in [-0.1, -0.05) is 31.4 Å². The van der Waals surface area contributed by atoms with Crippen molar-refractivity contribution in [3.05, 3.63) is 52.6 Å². The number of carbonyl (C=O) groups is 1. The van der Waals surface area contributed by atoms with E-state index in [2.05, 4.69) is 4.98 Å². The first kappa shape index (κ1) is 19.2. The van der Waals surface area contributed by atoms with Crippen LogP contribution in [-0.2, 0) is 4.79 Å². The van der Waals surface area contributed by atoms with Crippen LogP contribution in [0.5, 0.6) is 11.5 Å². The number of thioether (sulfide) groups is 1. The smallest absolute Gasteiger partial charge is 0.267 e. The van der Waals surface area contributed by atoms with Crippen molar-refractivity contribution in [3.8, 4) is 11.5 Å². The molecule has 5 rings (SSSR count). The van der Waals surface area contributed by atoms with Crippen molar-refractivity contribution in [3.63, 3.8) is 0 Å². The number of aryl methyl sites for hydroxylation is 1. The molecule has 30 heavy (non-hydrogen) atoms. The van der Waals surface area contributed by atoms with Gasteiger partial charge in [0.25, 0.3) is 5.91 Å². The Kier molecular flexibility index (Phi) is 5.21. The number of rotatable bonds is 3. The highest BCUT2D eigenvalue weighted by atomic mass is 32.2. The van der Waals surface area contributed by atoms with Crippen LogP contribution >= 0.6 is 11.8 Å². The normalized spacial score (nSPS) is 21.8. The average molecular weight is 422 g/mol. The van der Waals surface area contributed by atoms with Crippen molar-refractivity contribution in [1.29, 1.82) is 0 Å². The first-order valence-corrected chi connectivity index (χ1v) is 11.1. The van der Waals surface area contributed by atoms with Crippen molar-refractivity contribution in [2.24, 2.45) is 4.99 Å². The van der Waals surface area contributed by atoms with Gasteiger partial charge < -0.3 is 9.47 Å². The average Bonchev–Trinajstić information content (AvgIpc) is 3.33. The molecule has 1 aliphatic carbocycles. The van der Waals surface area contributed by atoms with Crippen molar-refractivity contribution in [1.82, 2.24) is 9.88 Å². The summed E-state index contributed by atoms with van der Waals surface area (Å²) in [4.78, 5) is 25.2. The fourth-order valence-corrected chi connectivity index (χ4v) is 5.12. The van der Waals surface area contributed by atoms with E-state index in [0.29, 0.717) is 16.5 Å². The number of nitrogens with zero attached hydrogens (tertiary/aromatic N) is 3. The van der Waals surface area contributed by atoms with Crippen LogP contribution in [-0.4, -0.2) is 33.8 Å². The molecule has 2 aliphatic heterocycles. The Bertz CT molecular complexity index is 1040. The summed E-state index contributed by atoms with van der Waals surface area (Å²) in [6, 6.07) is 11.7. The van der Waals surface area contributed by atoms with E-state index in [1.165, 1.54) is 18.2 Å². The zero-order valence-corrected chi connectivity index (χ0v) is 17.7. The molecule has 1 aromatic carbocycles. The van der Waals surface area contributed by atoms with Crippen LogP contribution < -0.4 is 9.47 Å². The predicted octanol–water partition coefficient (Wildman–Crippen LogP) is 5.06. The molecule has 3 aliphatic rings. The molecule has 154 valence electrons. The molecule has 7 heteroatoms. The summed E-state index contributed by atoms with van der Waals surface area (Å²) in [5, 5.41) is 0.719. The van der Waals surface area contributed by atoms with Crippen LogP contribution in [0.2, 0.25) is 0 Å². The van der Waals surface area contributed by atoms with Gasteiger partial charge >= 0.3 is 0 Å². The standard InChI is InChI=1S/C23H23N3O3S/c1-15-6-5-9-21(24-15)25-23-26(17-7-3-2-4-8-17)22(27)20(30-23)13-16-10-11-18-19(12-16)29-14-28-18/h5-6,9-13,17H,2-4,7-8,14H2,1H3/b20-13-,25-23+. The van der Waals surface area contributed by atoms with Gasteiger partial charge in [0.05, 0.1) is 4.91 Å². The van der Waals surface area contributed by atoms with Crippen LogP contribution in [0.15, 0.2) is 46.3 Å². The topological polar surface area (TPSA) is 64.0 Å². The summed E-state index contributed by atoms with van der Waals surface area (Å²) in [6.07, 6.45) is 7.48. The number of aromatic nitrogens is 1. The Balaban J connectivity index is 1.50. The van der Waals surface area contributed by atoms with Crippen LogP contribution in [0.3, 0.4) is 0 Å². The Morgan fingerprint density at radius 1 is 1.13 bits per heavy atom. The van der Waals surface area contributed by atoms with Crippen molar-refractivity contribution in [2.45, 2.75) is 45.1 Å². The van der Waals surface area contributed by atoms with E-state index in [-0.39, 0.29) is 18.7 Å². The van der Waals surface area contributed by atoms with Gasteiger partial charge in [0, 0.05) is 11.7 Å². The highest BCUT2D eigenvalue weighted by molar-refractivity contribution is 8.18. The highest BCUT2D eigenvalue weighted by Gasteiger charge is 2.38. The van der Waals surface area contributed by atoms with E-state index >= 15 is 0 Å². The number of hydrogen-bond donors (Lipinski definition) is 0. The molecule has 1 saturated carbocycles. The van der Waals surface area contributed by atoms with E-state index in [1.54, 1.807) is 0 Å². The summed E-state index contributed by atoms with van der Waals surface area (Å²) < 4.78 is 10.9. The Labute approximate surface area is 180 Å². The maximum absolute atomic E-state index is 13.4. The minimum atomic E-state index is 0.0240. The van der Waals surface area contributed by atoms with Gasteiger partial charge in [0.2, 0.25) is 6.79 Å². The lowest BCUT2D eigenvalue weighted by atomic mass is 9.94. The third kappa shape index (κ3) is 3.81. The predicted molar refractivity (Wildman–Crippen MR) is 118 cm³/mol. The monoisotopic (exact) mass is 421 g/mol. The molecule has 2 fully saturated rings. The summed E-state index contributed by atoms with van der Waals surface area (Å²) in [7, 11) is 0. The minimum Gasteiger partial charge on any atom is -0.454 e. The van der Waals surface area contributed by atoms with E-state index < -0.39 is 0 Å². The molecule has 0 bridgehead atoms. The summed E-state index contributed by atoms with van der Waals surface area (Å²) in [5.74, 6) is 2.10. The van der Waals surface area contributed by atoms with Gasteiger partial charge in [-0.15, -0.1) is 0 Å². The van der Waals surface area contributed by atoms with E-state index in [9.17, 15) is 4.79 Å². The molecule has 0 spiro atoms. The number of amidine groups is 1. The summed E-state index contributed by atoms with van der Waals surface area (Å²) >= 11 is 1.42. The van der Waals surface area contributed by atoms with Crippen molar-refractivity contribution in [2.75, 3.05) is 6.79 Å². The van der Waals surface area contributed by atoms with Gasteiger partial charge in [-0.3, -0.25) is 9.69 Å². The molecular weight excluding hydrogens is 398 g/mol. The molecule has 0 atom stereocenters. The Morgan fingerprint density at radius 2 is 1.97 bits per heavy atom. The van der Waals surface area contributed by atoms with Gasteiger partial charge in [-0.25, -0.2) is 9.98 Å². The van der Waals surface area contributed by atoms with Crippen molar-refractivity contribution < 1.29 is 14.3 Å². The second kappa shape index (κ2) is 8.14. The number of hydrogen-bond acceptors (Lipinski definition) is 6. The number of amides is 1. The molecular formula is C23H23N3O3S. The minimum absolute atomic E-state index is 0.0240. The van der Waals surface area contributed by atoms with Gasteiger partial charge in [-0.2, -0.15) is 0 Å². The molecule has 6 nitrogen and oxygen atoms in total. The molecule has 1 amide bonds. The molecule has 3 heterocycles. The van der Waals surface area contributed by atoms with Crippen LogP contribution in [0.25, 0.3) is 6.08 Å². The lowest BCUT2D eigenvalue weighted by Crippen LogP contribution is -2.40. The molecule has 1 aromatic heterocycles. The molecule has 2 aromatic rings. The number of fused-ring (bicyclic) bond motifs is 1. The quantitative estimate of drug-likeness (QED) is 0.649. The largest absolute Gasteiger partial charge is 0.454 e. The zero-order valence-electron chi connectivity index (χ0n) is 16.8. The van der Waals surface area contributed by atoms with Crippen LogP contribution in [0.4, 0.5) is 5.82 Å². The van der Waals surface area contributed by atoms with Gasteiger partial charge in [-0.05, 0) is 67.4 Å². The Morgan fingerprint density at radius 3 is 2.80 bits per heavy atom. The van der Waals surface area contributed by atoms with Crippen LogP contribution in [0.1, 0.15) is 43.4 Å². The fourth-order valence-electron chi connectivity index (χ4n) is 4.07. The van der Waals surface area contributed by atoms with E-state index in [0.717, 1.165) is 47.9 Å². The number of benzene rings is 1. The number of pyridine rings is 1. The lowest BCUT2D eigenvalue weighted by Gasteiger charge is -2.30. The summed E-state index contributed by atoms with van der Waals surface area (Å²) in [6.45, 7) is 2.18. The lowest BCUT2D eigenvalue weighted by molar-refractivity contribution is -0.124. The Hall–Kier alpha value is -2.80. The fraction of sp³-hybridized carbons (Fsp3) is 0.348. The van der Waals surface area contributed by atoms with Gasteiger partial charge in [0.15, 0.2) is 22.5 Å². The zero-order chi connectivity index (χ0) is 20.5. The van der Waals surface area contributed by atoms with E-state index in [4.69, 9.17) is 14.5 Å². The third-order valence-corrected chi connectivity index (χ3v) is 6.54. The van der Waals surface area contributed by atoms with Crippen LogP contribution in [0, 0.1) is 6.92 Å². The maximum atomic E-state index is 13.4. The maximum Gasteiger partial charge on any atom is 0.267 e. The second-order valence-corrected chi connectivity index (χ2v) is 8.73. The molecule has 1 saturated heterocycles. The molecule has 0 N–H and O–H groups in total. The number of aliphatic imine (C=N–C) groups is 1. The van der Waals surface area contributed by atoms with E-state index in [1.807, 2.05) is 54.3 Å². The first-order valence-electron chi connectivity index (χ1n) is 10.3. The number of ether oxygens (including phenoxy) is 2. The SMILES string of the molecule is Cc1cccc(/N=C2/S/C(=C\c3ccc4c(c3)OCO4)C(=O)N2C2CCCCC2)n1. The van der Waals surface area contributed by atoms with Crippen molar-refractivity contribution >= 4 is 34.7 Å². The summed E-state index contributed by atoms with van der Waals surface area (Å²) in [5.41, 5.74) is 1.82. The molecule has 0 unspecified atom stereocenters.